The highest BCUT2D eigenvalue weighted by molar-refractivity contribution is 4.96. The van der Waals surface area contributed by atoms with Crippen molar-refractivity contribution in [3.63, 3.8) is 0 Å². The summed E-state index contributed by atoms with van der Waals surface area (Å²) in [6.07, 6.45) is 41.1. The fourth-order valence-electron chi connectivity index (χ4n) is 5.66. The Labute approximate surface area is 222 Å². The second kappa shape index (κ2) is 25.0. The highest BCUT2D eigenvalue weighted by atomic mass is 15.4. The summed E-state index contributed by atoms with van der Waals surface area (Å²) in [5.41, 5.74) is 0. The van der Waals surface area contributed by atoms with Crippen molar-refractivity contribution in [3.05, 3.63) is 12.4 Å². The third-order valence-electron chi connectivity index (χ3n) is 8.07. The summed E-state index contributed by atoms with van der Waals surface area (Å²) in [5, 5.41) is 0. The van der Waals surface area contributed by atoms with Crippen LogP contribution in [0, 0.1) is 0 Å². The standard InChI is InChI=1S/C33H66N2/c1-4-7-10-12-13-14-15-16-17-18-19-20-21-22-23-24-27-30-35-32-31-34(29-26-9-6-3)33(35)28-25-11-8-5-2/h31-33H,4-30H2,1-3H3. The van der Waals surface area contributed by atoms with Crippen molar-refractivity contribution in [1.82, 2.24) is 9.80 Å². The van der Waals surface area contributed by atoms with Crippen LogP contribution < -0.4 is 0 Å². The Morgan fingerprint density at radius 3 is 1.06 bits per heavy atom. The molecule has 1 rings (SSSR count). The molecule has 1 unspecified atom stereocenters. The SMILES string of the molecule is CCCCCCCCCCCCCCCCCCCN1C=CN(CCCCC)C1CCCCCC. The van der Waals surface area contributed by atoms with Gasteiger partial charge >= 0.3 is 0 Å². The summed E-state index contributed by atoms with van der Waals surface area (Å²) >= 11 is 0. The Bertz CT molecular complexity index is 446. The Morgan fingerprint density at radius 1 is 0.371 bits per heavy atom. The zero-order chi connectivity index (χ0) is 25.2. The first-order valence-corrected chi connectivity index (χ1v) is 16.5. The van der Waals surface area contributed by atoms with Crippen molar-refractivity contribution in [3.8, 4) is 0 Å². The van der Waals surface area contributed by atoms with Gasteiger partial charge in [-0.15, -0.1) is 0 Å². The van der Waals surface area contributed by atoms with Crippen LogP contribution in [0.2, 0.25) is 0 Å². The van der Waals surface area contributed by atoms with Crippen LogP contribution in [0.25, 0.3) is 0 Å². The number of nitrogens with zero attached hydrogens (tertiary/aromatic N) is 2. The first-order valence-electron chi connectivity index (χ1n) is 16.5. The van der Waals surface area contributed by atoms with Crippen molar-refractivity contribution in [2.24, 2.45) is 0 Å². The molecular formula is C33H66N2. The summed E-state index contributed by atoms with van der Waals surface area (Å²) in [6.45, 7) is 9.45. The smallest absolute Gasteiger partial charge is 0.101 e. The summed E-state index contributed by atoms with van der Waals surface area (Å²) < 4.78 is 0. The molecule has 0 fully saturated rings. The lowest BCUT2D eigenvalue weighted by Crippen LogP contribution is -2.39. The number of hydrogen-bond acceptors (Lipinski definition) is 2. The topological polar surface area (TPSA) is 6.48 Å². The van der Waals surface area contributed by atoms with Gasteiger partial charge in [-0.25, -0.2) is 0 Å². The van der Waals surface area contributed by atoms with Crippen LogP contribution >= 0.6 is 0 Å². The molecule has 0 aromatic rings. The predicted octanol–water partition coefficient (Wildman–Crippen LogP) is 11.2. The minimum Gasteiger partial charge on any atom is -0.356 e. The monoisotopic (exact) mass is 491 g/mol. The lowest BCUT2D eigenvalue weighted by atomic mass is 10.0. The molecule has 2 nitrogen and oxygen atoms in total. The van der Waals surface area contributed by atoms with Gasteiger partial charge in [0.05, 0.1) is 0 Å². The maximum Gasteiger partial charge on any atom is 0.101 e. The molecule has 0 N–H and O–H groups in total. The molecule has 0 saturated heterocycles. The number of unbranched alkanes of at least 4 members (excludes halogenated alkanes) is 21. The van der Waals surface area contributed by atoms with Crippen molar-refractivity contribution < 1.29 is 0 Å². The minimum absolute atomic E-state index is 0.643. The van der Waals surface area contributed by atoms with Gasteiger partial charge in [-0.3, -0.25) is 0 Å². The zero-order valence-electron chi connectivity index (χ0n) is 24.7. The third kappa shape index (κ3) is 18.3. The van der Waals surface area contributed by atoms with Gasteiger partial charge in [0.2, 0.25) is 0 Å². The molecule has 1 aliphatic rings. The Morgan fingerprint density at radius 2 is 0.657 bits per heavy atom. The maximum atomic E-state index is 2.67. The van der Waals surface area contributed by atoms with Crippen LogP contribution in [0.5, 0.6) is 0 Å². The summed E-state index contributed by atoms with van der Waals surface area (Å²) in [4.78, 5) is 5.32. The van der Waals surface area contributed by atoms with E-state index in [4.69, 9.17) is 0 Å². The minimum atomic E-state index is 0.643. The third-order valence-corrected chi connectivity index (χ3v) is 8.07. The lowest BCUT2D eigenvalue weighted by Gasteiger charge is -2.33. The van der Waals surface area contributed by atoms with Gasteiger partial charge in [0.25, 0.3) is 0 Å². The summed E-state index contributed by atoms with van der Waals surface area (Å²) in [5.74, 6) is 0. The first kappa shape index (κ1) is 32.4. The van der Waals surface area contributed by atoms with Gasteiger partial charge in [0.15, 0.2) is 0 Å². The average Bonchev–Trinajstić information content (AvgIpc) is 3.25. The number of hydrogen-bond donors (Lipinski definition) is 0. The quantitative estimate of drug-likeness (QED) is 0.106. The molecule has 208 valence electrons. The van der Waals surface area contributed by atoms with E-state index in [1.807, 2.05) is 0 Å². The molecule has 0 aromatic heterocycles. The van der Waals surface area contributed by atoms with E-state index in [1.165, 1.54) is 174 Å². The molecule has 0 saturated carbocycles. The van der Waals surface area contributed by atoms with Crippen molar-refractivity contribution >= 4 is 0 Å². The van der Waals surface area contributed by atoms with E-state index in [-0.39, 0.29) is 0 Å². The average molecular weight is 491 g/mol. The highest BCUT2D eigenvalue weighted by Gasteiger charge is 2.24. The molecular weight excluding hydrogens is 424 g/mol. The van der Waals surface area contributed by atoms with Gasteiger partial charge in [-0.2, -0.15) is 0 Å². The fraction of sp³-hybridized carbons (Fsp3) is 0.939. The van der Waals surface area contributed by atoms with Gasteiger partial charge in [-0.1, -0.05) is 156 Å². The predicted molar refractivity (Wildman–Crippen MR) is 159 cm³/mol. The van der Waals surface area contributed by atoms with Crippen LogP contribution in [-0.4, -0.2) is 29.1 Å². The molecule has 0 aromatic carbocycles. The van der Waals surface area contributed by atoms with Crippen molar-refractivity contribution in [2.75, 3.05) is 13.1 Å². The molecule has 0 bridgehead atoms. The molecule has 0 amide bonds. The first-order chi connectivity index (χ1) is 17.3. The second-order valence-corrected chi connectivity index (χ2v) is 11.5. The van der Waals surface area contributed by atoms with Gasteiger partial charge < -0.3 is 9.80 Å². The Hall–Kier alpha value is -0.660. The van der Waals surface area contributed by atoms with Gasteiger partial charge in [-0.05, 0) is 25.7 Å². The van der Waals surface area contributed by atoms with E-state index in [0.29, 0.717) is 6.17 Å². The van der Waals surface area contributed by atoms with Gasteiger partial charge in [0, 0.05) is 25.5 Å². The van der Waals surface area contributed by atoms with Gasteiger partial charge in [0.1, 0.15) is 6.17 Å². The molecule has 0 spiro atoms. The second-order valence-electron chi connectivity index (χ2n) is 11.5. The van der Waals surface area contributed by atoms with Crippen LogP contribution in [0.3, 0.4) is 0 Å². The van der Waals surface area contributed by atoms with Crippen molar-refractivity contribution in [2.45, 2.75) is 187 Å². The largest absolute Gasteiger partial charge is 0.356 e. The Kier molecular flexibility index (Phi) is 23.1. The van der Waals surface area contributed by atoms with E-state index >= 15 is 0 Å². The summed E-state index contributed by atoms with van der Waals surface area (Å²) in [7, 11) is 0. The van der Waals surface area contributed by atoms with E-state index in [1.54, 1.807) is 0 Å². The zero-order valence-corrected chi connectivity index (χ0v) is 24.7. The molecule has 1 atom stereocenters. The molecule has 1 aliphatic heterocycles. The van der Waals surface area contributed by atoms with E-state index in [9.17, 15) is 0 Å². The van der Waals surface area contributed by atoms with Crippen LogP contribution in [0.1, 0.15) is 181 Å². The van der Waals surface area contributed by atoms with Crippen molar-refractivity contribution in [1.29, 1.82) is 0 Å². The van der Waals surface area contributed by atoms with E-state index in [2.05, 4.69) is 43.0 Å². The fourth-order valence-corrected chi connectivity index (χ4v) is 5.66. The van der Waals surface area contributed by atoms with Crippen LogP contribution in [0.4, 0.5) is 0 Å². The van der Waals surface area contributed by atoms with Crippen LogP contribution in [0.15, 0.2) is 12.4 Å². The highest BCUT2D eigenvalue weighted by Crippen LogP contribution is 2.23. The summed E-state index contributed by atoms with van der Waals surface area (Å²) in [6, 6.07) is 0. The number of rotatable bonds is 27. The van der Waals surface area contributed by atoms with E-state index < -0.39 is 0 Å². The molecule has 0 radical (unpaired) electrons. The van der Waals surface area contributed by atoms with E-state index in [0.717, 1.165) is 0 Å². The normalized spacial score (nSPS) is 15.6. The lowest BCUT2D eigenvalue weighted by molar-refractivity contribution is 0.135. The van der Waals surface area contributed by atoms with Crippen LogP contribution in [-0.2, 0) is 0 Å². The molecule has 0 aliphatic carbocycles. The molecule has 2 heteroatoms. The Balaban J connectivity index is 1.98. The maximum absolute atomic E-state index is 2.67. The molecule has 1 heterocycles. The molecule has 35 heavy (non-hydrogen) atoms.